The number of β-lactam (4-membered cyclic amide) rings is 1. The number of ether oxygens (including phenoxy) is 1. The van der Waals surface area contributed by atoms with Crippen molar-refractivity contribution in [1.82, 2.24) is 0 Å². The lowest BCUT2D eigenvalue weighted by atomic mass is 9.89. The number of carbonyl (C=O) groups excluding carboxylic acids is 1. The highest BCUT2D eigenvalue weighted by Gasteiger charge is 2.51. The predicted molar refractivity (Wildman–Crippen MR) is 103 cm³/mol. The number of rotatable bonds is 5. The Morgan fingerprint density at radius 3 is 2.18 bits per heavy atom. The van der Waals surface area contributed by atoms with Crippen LogP contribution in [0.15, 0.2) is 78.9 Å². The van der Waals surface area contributed by atoms with Crippen molar-refractivity contribution in [3.63, 3.8) is 0 Å². The first kappa shape index (κ1) is 17.6. The number of phenols is 1. The van der Waals surface area contributed by atoms with Gasteiger partial charge in [-0.2, -0.15) is 0 Å². The molecular weight excluding hydrogens is 358 g/mol. The average Bonchev–Trinajstić information content (AvgIpc) is 2.72. The fourth-order valence-corrected chi connectivity index (χ4v) is 3.32. The van der Waals surface area contributed by atoms with Crippen LogP contribution in [0.2, 0.25) is 0 Å². The van der Waals surface area contributed by atoms with Gasteiger partial charge in [0.25, 0.3) is 5.91 Å². The summed E-state index contributed by atoms with van der Waals surface area (Å²) in [6.45, 7) is 0. The normalized spacial score (nSPS) is 18.4. The molecule has 1 aliphatic rings. The molecule has 140 valence electrons. The summed E-state index contributed by atoms with van der Waals surface area (Å²) in [5, 5.41) is 19.4. The van der Waals surface area contributed by atoms with Gasteiger partial charge in [0, 0.05) is 11.3 Å². The molecule has 3 aromatic carbocycles. The fourth-order valence-electron chi connectivity index (χ4n) is 3.32. The summed E-state index contributed by atoms with van der Waals surface area (Å²) in [5.41, 5.74) is 1.23. The Morgan fingerprint density at radius 1 is 0.893 bits per heavy atom. The van der Waals surface area contributed by atoms with Gasteiger partial charge in [-0.3, -0.25) is 9.69 Å². The zero-order valence-corrected chi connectivity index (χ0v) is 14.7. The molecule has 2 atom stereocenters. The van der Waals surface area contributed by atoms with E-state index in [4.69, 9.17) is 9.84 Å². The lowest BCUT2D eigenvalue weighted by molar-refractivity contribution is -0.135. The molecule has 1 heterocycles. The molecule has 0 aliphatic carbocycles. The highest BCUT2D eigenvalue weighted by Crippen LogP contribution is 2.43. The van der Waals surface area contributed by atoms with Gasteiger partial charge in [-0.05, 0) is 42.5 Å². The standard InChI is InChI=1S/C22H17NO5/c24-18-9-5-4-8-17(18)19-20(28-16-6-2-1-3-7-16)21(25)23(19)15-12-10-14(11-13-15)22(26)27/h1-13,19-20,24H,(H,26,27). The van der Waals surface area contributed by atoms with Crippen molar-refractivity contribution < 1.29 is 24.5 Å². The van der Waals surface area contributed by atoms with Gasteiger partial charge < -0.3 is 14.9 Å². The van der Waals surface area contributed by atoms with Crippen molar-refractivity contribution in [3.8, 4) is 11.5 Å². The molecule has 3 aromatic rings. The molecule has 6 nitrogen and oxygen atoms in total. The van der Waals surface area contributed by atoms with Crippen LogP contribution in [0.1, 0.15) is 22.0 Å². The van der Waals surface area contributed by atoms with E-state index in [0.717, 1.165) is 0 Å². The molecule has 0 aromatic heterocycles. The van der Waals surface area contributed by atoms with E-state index in [0.29, 0.717) is 17.0 Å². The SMILES string of the molecule is O=C(O)c1ccc(N2C(=O)C(Oc3ccccc3)C2c2ccccc2O)cc1. The van der Waals surface area contributed by atoms with Crippen molar-refractivity contribution >= 4 is 17.6 Å². The average molecular weight is 375 g/mol. The van der Waals surface area contributed by atoms with Crippen LogP contribution in [-0.4, -0.2) is 28.2 Å². The van der Waals surface area contributed by atoms with Crippen LogP contribution in [0.5, 0.6) is 11.5 Å². The molecule has 6 heteroatoms. The number of hydrogen-bond acceptors (Lipinski definition) is 4. The number of nitrogens with zero attached hydrogens (tertiary/aromatic N) is 1. The maximum atomic E-state index is 12.9. The number of benzene rings is 3. The molecule has 0 bridgehead atoms. The highest BCUT2D eigenvalue weighted by molar-refractivity contribution is 6.05. The van der Waals surface area contributed by atoms with Crippen molar-refractivity contribution in [2.24, 2.45) is 0 Å². The third-order valence-electron chi connectivity index (χ3n) is 4.70. The number of para-hydroxylation sites is 2. The van der Waals surface area contributed by atoms with E-state index >= 15 is 0 Å². The number of carbonyl (C=O) groups is 2. The number of hydrogen-bond donors (Lipinski definition) is 2. The minimum absolute atomic E-state index is 0.0637. The first-order chi connectivity index (χ1) is 13.6. The summed E-state index contributed by atoms with van der Waals surface area (Å²) in [5.74, 6) is -0.680. The van der Waals surface area contributed by atoms with Gasteiger partial charge in [-0.15, -0.1) is 0 Å². The summed E-state index contributed by atoms with van der Waals surface area (Å²) in [4.78, 5) is 25.5. The molecule has 0 spiro atoms. The van der Waals surface area contributed by atoms with Gasteiger partial charge in [-0.1, -0.05) is 36.4 Å². The topological polar surface area (TPSA) is 87.1 Å². The number of aromatic carboxylic acids is 1. The summed E-state index contributed by atoms with van der Waals surface area (Å²) in [7, 11) is 0. The van der Waals surface area contributed by atoms with Crippen molar-refractivity contribution in [3.05, 3.63) is 90.0 Å². The van der Waals surface area contributed by atoms with Crippen LogP contribution in [0.3, 0.4) is 0 Å². The molecule has 4 rings (SSSR count). The lowest BCUT2D eigenvalue weighted by Gasteiger charge is -2.46. The lowest BCUT2D eigenvalue weighted by Crippen LogP contribution is -2.61. The van der Waals surface area contributed by atoms with Gasteiger partial charge >= 0.3 is 5.97 Å². The molecule has 1 saturated heterocycles. The Kier molecular flexibility index (Phi) is 4.45. The van der Waals surface area contributed by atoms with E-state index in [9.17, 15) is 14.7 Å². The van der Waals surface area contributed by atoms with E-state index in [2.05, 4.69) is 0 Å². The van der Waals surface area contributed by atoms with Crippen molar-refractivity contribution in [2.75, 3.05) is 4.90 Å². The number of phenolic OH excluding ortho intramolecular Hbond substituents is 1. The van der Waals surface area contributed by atoms with Crippen LogP contribution < -0.4 is 9.64 Å². The zero-order chi connectivity index (χ0) is 19.7. The third-order valence-corrected chi connectivity index (χ3v) is 4.70. The van der Waals surface area contributed by atoms with Crippen LogP contribution >= 0.6 is 0 Å². The maximum absolute atomic E-state index is 12.9. The Labute approximate surface area is 161 Å². The zero-order valence-electron chi connectivity index (χ0n) is 14.7. The molecule has 0 radical (unpaired) electrons. The van der Waals surface area contributed by atoms with Crippen LogP contribution in [0, 0.1) is 0 Å². The minimum Gasteiger partial charge on any atom is -0.508 e. The van der Waals surface area contributed by atoms with E-state index in [1.165, 1.54) is 17.0 Å². The first-order valence-corrected chi connectivity index (χ1v) is 8.72. The van der Waals surface area contributed by atoms with Crippen LogP contribution in [0.4, 0.5) is 5.69 Å². The monoisotopic (exact) mass is 375 g/mol. The Morgan fingerprint density at radius 2 is 1.54 bits per heavy atom. The number of aromatic hydroxyl groups is 1. The minimum atomic E-state index is -1.04. The summed E-state index contributed by atoms with van der Waals surface area (Å²) in [6.07, 6.45) is -0.796. The van der Waals surface area contributed by atoms with Gasteiger partial charge in [0.15, 0.2) is 0 Å². The van der Waals surface area contributed by atoms with Crippen LogP contribution in [0.25, 0.3) is 0 Å². The first-order valence-electron chi connectivity index (χ1n) is 8.72. The summed E-state index contributed by atoms with van der Waals surface area (Å²) < 4.78 is 5.90. The van der Waals surface area contributed by atoms with E-state index in [1.54, 1.807) is 48.5 Å². The van der Waals surface area contributed by atoms with Crippen molar-refractivity contribution in [1.29, 1.82) is 0 Å². The molecule has 2 unspecified atom stereocenters. The molecule has 1 fully saturated rings. The Hall–Kier alpha value is -3.80. The maximum Gasteiger partial charge on any atom is 0.335 e. The Balaban J connectivity index is 1.70. The van der Waals surface area contributed by atoms with Gasteiger partial charge in [0.2, 0.25) is 6.10 Å². The number of carboxylic acids is 1. The quantitative estimate of drug-likeness (QED) is 0.665. The number of anilines is 1. The molecule has 2 N–H and O–H groups in total. The fraction of sp³-hybridized carbons (Fsp3) is 0.0909. The van der Waals surface area contributed by atoms with Gasteiger partial charge in [-0.25, -0.2) is 4.79 Å². The molecule has 1 amide bonds. The molecule has 0 saturated carbocycles. The molecule has 28 heavy (non-hydrogen) atoms. The largest absolute Gasteiger partial charge is 0.508 e. The summed E-state index contributed by atoms with van der Waals surface area (Å²) in [6, 6.07) is 21.3. The smallest absolute Gasteiger partial charge is 0.335 e. The second kappa shape index (κ2) is 7.08. The predicted octanol–water partition coefficient (Wildman–Crippen LogP) is 3.63. The second-order valence-corrected chi connectivity index (χ2v) is 6.42. The number of carboxylic acid groups (broad SMARTS) is 1. The number of amides is 1. The van der Waals surface area contributed by atoms with E-state index in [1.807, 2.05) is 18.2 Å². The van der Waals surface area contributed by atoms with Crippen LogP contribution in [-0.2, 0) is 4.79 Å². The molecule has 1 aliphatic heterocycles. The Bertz CT molecular complexity index is 1020. The van der Waals surface area contributed by atoms with Crippen molar-refractivity contribution in [2.45, 2.75) is 12.1 Å². The third kappa shape index (κ3) is 3.05. The van der Waals surface area contributed by atoms with E-state index < -0.39 is 18.1 Å². The van der Waals surface area contributed by atoms with Gasteiger partial charge in [0.05, 0.1) is 5.56 Å². The van der Waals surface area contributed by atoms with E-state index in [-0.39, 0.29) is 17.2 Å². The molecular formula is C22H17NO5. The highest BCUT2D eigenvalue weighted by atomic mass is 16.5. The van der Waals surface area contributed by atoms with Gasteiger partial charge in [0.1, 0.15) is 17.5 Å². The second-order valence-electron chi connectivity index (χ2n) is 6.42. The summed E-state index contributed by atoms with van der Waals surface area (Å²) >= 11 is 0.